The summed E-state index contributed by atoms with van der Waals surface area (Å²) in [6.45, 7) is -3.69. The first kappa shape index (κ1) is 23.7. The summed E-state index contributed by atoms with van der Waals surface area (Å²) in [5, 5.41) is 0. The first-order valence-corrected chi connectivity index (χ1v) is 9.60. The van der Waals surface area contributed by atoms with Gasteiger partial charge in [0.2, 0.25) is 10.0 Å². The van der Waals surface area contributed by atoms with E-state index in [9.17, 15) is 34.8 Å². The maximum Gasteiger partial charge on any atom is 0.422 e. The molecule has 2 rings (SSSR count). The lowest BCUT2D eigenvalue weighted by Crippen LogP contribution is -2.28. The van der Waals surface area contributed by atoms with Crippen molar-refractivity contribution in [2.45, 2.75) is 23.8 Å². The van der Waals surface area contributed by atoms with Gasteiger partial charge in [-0.2, -0.15) is 30.6 Å². The maximum atomic E-state index is 12.9. The van der Waals surface area contributed by atoms with E-state index in [1.54, 1.807) is 12.1 Å². The maximum absolute atomic E-state index is 12.9. The third kappa shape index (κ3) is 7.06. The van der Waals surface area contributed by atoms with Crippen molar-refractivity contribution in [3.63, 3.8) is 0 Å². The predicted octanol–water partition coefficient (Wildman–Crippen LogP) is 3.78. The normalized spacial score (nSPS) is 12.8. The Morgan fingerprint density at radius 3 is 2.20 bits per heavy atom. The van der Waals surface area contributed by atoms with Crippen LogP contribution < -0.4 is 9.47 Å². The second kappa shape index (κ2) is 9.08. The number of rotatable bonds is 8. The average Bonchev–Trinajstić information content (AvgIpc) is 2.64. The van der Waals surface area contributed by atoms with Crippen molar-refractivity contribution in [3.8, 4) is 11.5 Å². The largest absolute Gasteiger partial charge is 0.484 e. The van der Waals surface area contributed by atoms with Crippen molar-refractivity contribution in [2.24, 2.45) is 0 Å². The van der Waals surface area contributed by atoms with Crippen LogP contribution in [-0.4, -0.2) is 50.3 Å². The molecule has 0 spiro atoms. The van der Waals surface area contributed by atoms with E-state index in [0.29, 0.717) is 11.6 Å². The molecule has 0 saturated heterocycles. The number of benzene rings is 1. The zero-order chi connectivity index (χ0) is 22.6. The van der Waals surface area contributed by atoms with Crippen molar-refractivity contribution in [1.29, 1.82) is 0 Å². The van der Waals surface area contributed by atoms with Crippen LogP contribution in [0.15, 0.2) is 47.6 Å². The highest BCUT2D eigenvalue weighted by atomic mass is 32.2. The zero-order valence-corrected chi connectivity index (χ0v) is 16.2. The fourth-order valence-electron chi connectivity index (χ4n) is 2.23. The van der Waals surface area contributed by atoms with Gasteiger partial charge < -0.3 is 9.47 Å². The Balaban J connectivity index is 2.37. The van der Waals surface area contributed by atoms with Crippen LogP contribution in [0.3, 0.4) is 0 Å². The summed E-state index contributed by atoms with van der Waals surface area (Å²) in [5.74, 6) is -1.18. The van der Waals surface area contributed by atoms with Crippen molar-refractivity contribution in [3.05, 3.63) is 48.3 Å². The van der Waals surface area contributed by atoms with E-state index in [4.69, 9.17) is 0 Å². The molecule has 2 aromatic rings. The summed E-state index contributed by atoms with van der Waals surface area (Å²) in [6.07, 6.45) is -6.60. The number of ether oxygens (including phenoxy) is 2. The molecule has 1 heterocycles. The van der Waals surface area contributed by atoms with Crippen LogP contribution in [-0.2, 0) is 16.6 Å². The van der Waals surface area contributed by atoms with Gasteiger partial charge in [-0.25, -0.2) is 8.42 Å². The SMILES string of the molecule is CN(Cc1cccnc1)S(=O)(=O)c1cc(OCC(F)(F)F)ccc1OCC(F)(F)F. The molecule has 0 aliphatic rings. The molecule has 0 bridgehead atoms. The quantitative estimate of drug-likeness (QED) is 0.564. The molecule has 0 aliphatic heterocycles. The Labute approximate surface area is 168 Å². The van der Waals surface area contributed by atoms with Crippen LogP contribution in [0, 0.1) is 0 Å². The number of hydrogen-bond acceptors (Lipinski definition) is 5. The molecule has 13 heteroatoms. The van der Waals surface area contributed by atoms with Crippen molar-refractivity contribution < 1.29 is 44.2 Å². The lowest BCUT2D eigenvalue weighted by molar-refractivity contribution is -0.154. The topological polar surface area (TPSA) is 68.7 Å². The molecule has 6 nitrogen and oxygen atoms in total. The number of halogens is 6. The van der Waals surface area contributed by atoms with Crippen LogP contribution in [0.5, 0.6) is 11.5 Å². The summed E-state index contributed by atoms with van der Waals surface area (Å²) in [5.41, 5.74) is 0.478. The van der Waals surface area contributed by atoms with Crippen LogP contribution in [0.25, 0.3) is 0 Å². The summed E-state index contributed by atoms with van der Waals surface area (Å²) < 4.78 is 110. The minimum absolute atomic E-state index is 0.192. The number of sulfonamides is 1. The van der Waals surface area contributed by atoms with E-state index in [1.807, 2.05) is 0 Å². The number of pyridine rings is 1. The number of hydrogen-bond donors (Lipinski definition) is 0. The predicted molar refractivity (Wildman–Crippen MR) is 92.4 cm³/mol. The lowest BCUT2D eigenvalue weighted by Gasteiger charge is -2.20. The van der Waals surface area contributed by atoms with Gasteiger partial charge in [0.15, 0.2) is 13.2 Å². The van der Waals surface area contributed by atoms with Gasteiger partial charge >= 0.3 is 12.4 Å². The highest BCUT2D eigenvalue weighted by Crippen LogP contribution is 2.33. The van der Waals surface area contributed by atoms with Crippen LogP contribution in [0.2, 0.25) is 0 Å². The fourth-order valence-corrected chi connectivity index (χ4v) is 3.53. The molecule has 1 aromatic heterocycles. The van der Waals surface area contributed by atoms with Gasteiger partial charge in [-0.3, -0.25) is 4.98 Å². The summed E-state index contributed by atoms with van der Waals surface area (Å²) in [4.78, 5) is 3.06. The minimum Gasteiger partial charge on any atom is -0.484 e. The van der Waals surface area contributed by atoms with Gasteiger partial charge in [-0.1, -0.05) is 6.07 Å². The van der Waals surface area contributed by atoms with Crippen LogP contribution in [0.1, 0.15) is 5.56 Å². The van der Waals surface area contributed by atoms with Crippen molar-refractivity contribution >= 4 is 10.0 Å². The van der Waals surface area contributed by atoms with Gasteiger partial charge in [-0.05, 0) is 23.8 Å². The minimum atomic E-state index is -4.76. The van der Waals surface area contributed by atoms with E-state index in [2.05, 4.69) is 14.5 Å². The molecule has 30 heavy (non-hydrogen) atoms. The molecule has 0 unspecified atom stereocenters. The Morgan fingerprint density at radius 2 is 1.63 bits per heavy atom. The van der Waals surface area contributed by atoms with Gasteiger partial charge in [0, 0.05) is 32.1 Å². The number of alkyl halides is 6. The molecule has 166 valence electrons. The highest BCUT2D eigenvalue weighted by molar-refractivity contribution is 7.89. The van der Waals surface area contributed by atoms with E-state index in [1.165, 1.54) is 12.4 Å². The van der Waals surface area contributed by atoms with Crippen molar-refractivity contribution in [1.82, 2.24) is 9.29 Å². The standard InChI is InChI=1S/C17H16F6N2O4S/c1-25(9-12-3-2-6-24-8-12)30(26,27)15-7-13(28-10-16(18,19)20)4-5-14(15)29-11-17(21,22)23/h2-8H,9-11H2,1H3. The number of aromatic nitrogens is 1. The molecule has 0 aliphatic carbocycles. The molecular weight excluding hydrogens is 442 g/mol. The smallest absolute Gasteiger partial charge is 0.422 e. The molecule has 0 radical (unpaired) electrons. The van der Waals surface area contributed by atoms with Crippen molar-refractivity contribution in [2.75, 3.05) is 20.3 Å². The molecule has 1 aromatic carbocycles. The molecule has 0 amide bonds. The fraction of sp³-hybridized carbons (Fsp3) is 0.353. The average molecular weight is 458 g/mol. The third-order valence-electron chi connectivity index (χ3n) is 3.53. The second-order valence-electron chi connectivity index (χ2n) is 6.04. The zero-order valence-electron chi connectivity index (χ0n) is 15.4. The van der Waals surface area contributed by atoms with E-state index < -0.39 is 52.0 Å². The molecule has 0 atom stereocenters. The molecule has 0 saturated carbocycles. The van der Waals surface area contributed by atoms with E-state index >= 15 is 0 Å². The van der Waals surface area contributed by atoms with Gasteiger partial charge in [-0.15, -0.1) is 0 Å². The monoisotopic (exact) mass is 458 g/mol. The lowest BCUT2D eigenvalue weighted by atomic mass is 10.3. The van der Waals surface area contributed by atoms with Crippen LogP contribution >= 0.6 is 0 Å². The third-order valence-corrected chi connectivity index (χ3v) is 5.35. The van der Waals surface area contributed by atoms with Gasteiger partial charge in [0.1, 0.15) is 16.4 Å². The Kier molecular flexibility index (Phi) is 7.18. The molecule has 0 fully saturated rings. The number of nitrogens with zero attached hydrogens (tertiary/aromatic N) is 2. The Morgan fingerprint density at radius 1 is 1.00 bits per heavy atom. The molecule has 0 N–H and O–H groups in total. The first-order valence-electron chi connectivity index (χ1n) is 8.16. The van der Waals surface area contributed by atoms with E-state index in [-0.39, 0.29) is 6.54 Å². The second-order valence-corrected chi connectivity index (χ2v) is 8.05. The van der Waals surface area contributed by atoms with Crippen LogP contribution in [0.4, 0.5) is 26.3 Å². The first-order chi connectivity index (χ1) is 13.8. The summed E-state index contributed by atoms with van der Waals surface area (Å²) >= 11 is 0. The molecular formula is C17H16F6N2O4S. The Bertz CT molecular complexity index is 949. The van der Waals surface area contributed by atoms with Gasteiger partial charge in [0.25, 0.3) is 0 Å². The highest BCUT2D eigenvalue weighted by Gasteiger charge is 2.32. The summed E-state index contributed by atoms with van der Waals surface area (Å²) in [7, 11) is -3.31. The summed E-state index contributed by atoms with van der Waals surface area (Å²) in [6, 6.07) is 5.51. The van der Waals surface area contributed by atoms with Gasteiger partial charge in [0.05, 0.1) is 0 Å². The Hall–Kier alpha value is -2.54. The van der Waals surface area contributed by atoms with E-state index in [0.717, 1.165) is 23.5 Å².